The maximum Gasteiger partial charge on any atom is 0.137 e. The number of pyridine rings is 1. The van der Waals surface area contributed by atoms with Crippen molar-refractivity contribution in [2.75, 3.05) is 13.7 Å². The molecule has 0 amide bonds. The van der Waals surface area contributed by atoms with E-state index in [9.17, 15) is 5.11 Å². The minimum absolute atomic E-state index is 0.0511. The number of aliphatic hydroxyl groups excluding tert-OH is 2. The summed E-state index contributed by atoms with van der Waals surface area (Å²) in [4.78, 5) is 4.45. The Morgan fingerprint density at radius 3 is 2.96 bits per heavy atom. The van der Waals surface area contributed by atoms with Crippen molar-refractivity contribution in [1.82, 2.24) is 4.98 Å². The minimum atomic E-state index is -0.680. The summed E-state index contributed by atoms with van der Waals surface area (Å²) < 4.78 is 11.4. The number of ether oxygens (including phenoxy) is 2. The Morgan fingerprint density at radius 2 is 2.16 bits per heavy atom. The highest BCUT2D eigenvalue weighted by atomic mass is 16.5. The summed E-state index contributed by atoms with van der Waals surface area (Å²) in [7, 11) is 1.66. The summed E-state index contributed by atoms with van der Waals surface area (Å²) in [5, 5.41) is 19.8. The molecule has 3 atom stereocenters. The number of benzene rings is 1. The minimum Gasteiger partial charge on any atom is -0.495 e. The fourth-order valence-corrected chi connectivity index (χ4v) is 3.58. The fourth-order valence-electron chi connectivity index (χ4n) is 3.58. The number of rotatable bonds is 7. The van der Waals surface area contributed by atoms with Crippen molar-refractivity contribution >= 4 is 10.9 Å². The third kappa shape index (κ3) is 4.69. The maximum atomic E-state index is 9.62. The van der Waals surface area contributed by atoms with Gasteiger partial charge in [0, 0.05) is 11.8 Å². The zero-order valence-corrected chi connectivity index (χ0v) is 14.7. The molecular weight excluding hydrogens is 318 g/mol. The van der Waals surface area contributed by atoms with E-state index >= 15 is 0 Å². The second-order valence-electron chi connectivity index (χ2n) is 6.78. The van der Waals surface area contributed by atoms with Crippen LogP contribution in [0.3, 0.4) is 0 Å². The van der Waals surface area contributed by atoms with Crippen molar-refractivity contribution in [2.45, 2.75) is 56.8 Å². The highest BCUT2D eigenvalue weighted by Crippen LogP contribution is 2.27. The Labute approximate surface area is 148 Å². The predicted octanol–water partition coefficient (Wildman–Crippen LogP) is 2.86. The lowest BCUT2D eigenvalue weighted by atomic mass is 9.95. The molecule has 1 aromatic heterocycles. The van der Waals surface area contributed by atoms with Crippen LogP contribution in [0.5, 0.6) is 5.75 Å². The normalized spacial score (nSPS) is 22.0. The van der Waals surface area contributed by atoms with Crippen LogP contribution in [0.2, 0.25) is 0 Å². The lowest BCUT2D eigenvalue weighted by Gasteiger charge is -2.31. The molecule has 2 aromatic rings. The molecule has 3 rings (SSSR count). The van der Waals surface area contributed by atoms with Crippen LogP contribution in [-0.4, -0.2) is 47.2 Å². The number of hydrogen-bond donors (Lipinski definition) is 2. The summed E-state index contributed by atoms with van der Waals surface area (Å²) >= 11 is 0. The fraction of sp³-hybridized carbons (Fsp3) is 0.550. The van der Waals surface area contributed by atoms with Gasteiger partial charge in [-0.05, 0) is 49.8 Å². The van der Waals surface area contributed by atoms with Crippen LogP contribution in [0.1, 0.15) is 37.7 Å². The van der Waals surface area contributed by atoms with E-state index in [2.05, 4.69) is 11.1 Å². The van der Waals surface area contributed by atoms with E-state index in [4.69, 9.17) is 14.6 Å². The first-order chi connectivity index (χ1) is 12.2. The standard InChI is InChI=1S/C20H27NO4/c1-24-18-11-19-14(4-2-7-20(19)21-12-18)8-9-16-5-3-6-17(25-16)10-15(23)13-22/h2,4,7,11-12,15-17,22-23H,3,5-6,8-10,13H2,1H3/t15-,16-,17-/m1/s1. The van der Waals surface area contributed by atoms with E-state index in [0.717, 1.165) is 48.8 Å². The predicted molar refractivity (Wildman–Crippen MR) is 96.8 cm³/mol. The lowest BCUT2D eigenvalue weighted by Crippen LogP contribution is -2.31. The maximum absolute atomic E-state index is 9.62. The van der Waals surface area contributed by atoms with Crippen LogP contribution in [0.25, 0.3) is 10.9 Å². The molecule has 1 saturated heterocycles. The molecule has 0 unspecified atom stereocenters. The van der Waals surface area contributed by atoms with Gasteiger partial charge in [0.1, 0.15) is 5.75 Å². The summed E-state index contributed by atoms with van der Waals surface area (Å²) in [5.74, 6) is 0.770. The first kappa shape index (κ1) is 18.1. The molecule has 1 aliphatic rings. The van der Waals surface area contributed by atoms with Crippen LogP contribution >= 0.6 is 0 Å². The number of aryl methyl sites for hydroxylation is 1. The zero-order valence-electron chi connectivity index (χ0n) is 14.7. The van der Waals surface area contributed by atoms with Crippen molar-refractivity contribution in [3.63, 3.8) is 0 Å². The van der Waals surface area contributed by atoms with Crippen LogP contribution in [0, 0.1) is 0 Å². The van der Waals surface area contributed by atoms with Crippen LogP contribution in [0.15, 0.2) is 30.5 Å². The SMILES string of the molecule is COc1cnc2cccc(CC[C@H]3CCC[C@H](C[C@@H](O)CO)O3)c2c1. The van der Waals surface area contributed by atoms with E-state index < -0.39 is 6.10 Å². The van der Waals surface area contributed by atoms with Gasteiger partial charge in [0.15, 0.2) is 0 Å². The van der Waals surface area contributed by atoms with Crippen molar-refractivity contribution in [1.29, 1.82) is 0 Å². The van der Waals surface area contributed by atoms with Crippen molar-refractivity contribution in [3.8, 4) is 5.75 Å². The van der Waals surface area contributed by atoms with E-state index in [1.807, 2.05) is 18.2 Å². The Bertz CT molecular complexity index is 690. The van der Waals surface area contributed by atoms with E-state index in [0.29, 0.717) is 6.42 Å². The molecular formula is C20H27NO4. The van der Waals surface area contributed by atoms with Gasteiger partial charge in [-0.15, -0.1) is 0 Å². The van der Waals surface area contributed by atoms with Gasteiger partial charge in [0.05, 0.1) is 43.7 Å². The van der Waals surface area contributed by atoms with E-state index in [1.165, 1.54) is 5.56 Å². The quantitative estimate of drug-likeness (QED) is 0.807. The van der Waals surface area contributed by atoms with Gasteiger partial charge in [-0.3, -0.25) is 4.98 Å². The van der Waals surface area contributed by atoms with Crippen LogP contribution in [-0.2, 0) is 11.2 Å². The Balaban J connectivity index is 1.64. The molecule has 2 heterocycles. The number of methoxy groups -OCH3 is 1. The van der Waals surface area contributed by atoms with Gasteiger partial charge in [-0.25, -0.2) is 0 Å². The van der Waals surface area contributed by atoms with Crippen molar-refractivity contribution < 1.29 is 19.7 Å². The van der Waals surface area contributed by atoms with E-state index in [1.54, 1.807) is 13.3 Å². The summed E-state index contributed by atoms with van der Waals surface area (Å²) in [6.45, 7) is -0.199. The first-order valence-corrected chi connectivity index (χ1v) is 9.05. The molecule has 0 saturated carbocycles. The van der Waals surface area contributed by atoms with Crippen LogP contribution < -0.4 is 4.74 Å². The average molecular weight is 345 g/mol. The Kier molecular flexibility index (Phi) is 6.24. The first-order valence-electron chi connectivity index (χ1n) is 9.05. The average Bonchev–Trinajstić information content (AvgIpc) is 2.66. The van der Waals surface area contributed by atoms with Crippen LogP contribution in [0.4, 0.5) is 0 Å². The third-order valence-electron chi connectivity index (χ3n) is 4.95. The smallest absolute Gasteiger partial charge is 0.137 e. The van der Waals surface area contributed by atoms with Crippen molar-refractivity contribution in [2.24, 2.45) is 0 Å². The Morgan fingerprint density at radius 1 is 1.32 bits per heavy atom. The second kappa shape index (κ2) is 8.61. The molecule has 0 radical (unpaired) electrons. The molecule has 5 heteroatoms. The lowest BCUT2D eigenvalue weighted by molar-refractivity contribution is -0.0759. The van der Waals surface area contributed by atoms with Gasteiger partial charge >= 0.3 is 0 Å². The number of hydrogen-bond acceptors (Lipinski definition) is 5. The number of aromatic nitrogens is 1. The molecule has 1 aliphatic heterocycles. The van der Waals surface area contributed by atoms with Gasteiger partial charge < -0.3 is 19.7 Å². The van der Waals surface area contributed by atoms with Gasteiger partial charge in [0.2, 0.25) is 0 Å². The molecule has 136 valence electrons. The third-order valence-corrected chi connectivity index (χ3v) is 4.95. The summed E-state index contributed by atoms with van der Waals surface area (Å²) in [6.07, 6.45) is 6.83. The molecule has 0 bridgehead atoms. The summed E-state index contributed by atoms with van der Waals surface area (Å²) in [5.41, 5.74) is 2.23. The second-order valence-corrected chi connectivity index (χ2v) is 6.78. The van der Waals surface area contributed by atoms with Gasteiger partial charge in [-0.1, -0.05) is 12.1 Å². The van der Waals surface area contributed by atoms with Gasteiger partial charge in [-0.2, -0.15) is 0 Å². The number of aliphatic hydroxyl groups is 2. The topological polar surface area (TPSA) is 71.8 Å². The molecule has 1 fully saturated rings. The largest absolute Gasteiger partial charge is 0.495 e. The number of fused-ring (bicyclic) bond motifs is 1. The molecule has 5 nitrogen and oxygen atoms in total. The van der Waals surface area contributed by atoms with Gasteiger partial charge in [0.25, 0.3) is 0 Å². The number of nitrogens with zero attached hydrogens (tertiary/aromatic N) is 1. The Hall–Kier alpha value is -1.69. The molecule has 25 heavy (non-hydrogen) atoms. The molecule has 1 aromatic carbocycles. The molecule has 0 spiro atoms. The van der Waals surface area contributed by atoms with Crippen molar-refractivity contribution in [3.05, 3.63) is 36.0 Å². The highest BCUT2D eigenvalue weighted by molar-refractivity contribution is 5.83. The highest BCUT2D eigenvalue weighted by Gasteiger charge is 2.24. The zero-order chi connectivity index (χ0) is 17.6. The monoisotopic (exact) mass is 345 g/mol. The summed E-state index contributed by atoms with van der Waals surface area (Å²) in [6, 6.07) is 8.24. The van der Waals surface area contributed by atoms with E-state index in [-0.39, 0.29) is 18.8 Å². The molecule has 2 N–H and O–H groups in total. The molecule has 0 aliphatic carbocycles.